The van der Waals surface area contributed by atoms with Crippen molar-refractivity contribution in [2.24, 2.45) is 0 Å². The summed E-state index contributed by atoms with van der Waals surface area (Å²) in [5.74, 6) is 1.03. The number of thiol groups is 1. The fraction of sp³-hybridized carbons (Fsp3) is 0.269. The van der Waals surface area contributed by atoms with E-state index in [4.69, 9.17) is 9.97 Å². The molecule has 0 unspecified atom stereocenters. The molecule has 10 nitrogen and oxygen atoms in total. The zero-order chi connectivity index (χ0) is 27.1. The summed E-state index contributed by atoms with van der Waals surface area (Å²) in [6, 6.07) is 16.0. The number of aryl methyl sites for hydroxylation is 1. The van der Waals surface area contributed by atoms with Crippen LogP contribution in [-0.2, 0) is 27.3 Å². The van der Waals surface area contributed by atoms with E-state index in [0.29, 0.717) is 51.9 Å². The molecule has 38 heavy (non-hydrogen) atoms. The van der Waals surface area contributed by atoms with Crippen LogP contribution in [-0.4, -0.2) is 43.6 Å². The van der Waals surface area contributed by atoms with Gasteiger partial charge in [-0.25, -0.2) is 26.8 Å². The minimum atomic E-state index is -3.38. The van der Waals surface area contributed by atoms with E-state index in [1.54, 1.807) is 31.2 Å². The van der Waals surface area contributed by atoms with Crippen LogP contribution in [0, 0.1) is 6.92 Å². The maximum Gasteiger partial charge on any atom is 0.225 e. The molecule has 3 N–H and O–H groups in total. The summed E-state index contributed by atoms with van der Waals surface area (Å²) in [5, 5.41) is 6.75. The van der Waals surface area contributed by atoms with Crippen molar-refractivity contribution in [3.05, 3.63) is 65.7 Å². The number of fused-ring (bicyclic) bond motifs is 1. The summed E-state index contributed by atoms with van der Waals surface area (Å²) in [6.45, 7) is 4.34. The molecule has 2 aromatic carbocycles. The van der Waals surface area contributed by atoms with Gasteiger partial charge in [0.25, 0.3) is 0 Å². The number of hydrogen-bond acceptors (Lipinski definition) is 9. The van der Waals surface area contributed by atoms with Crippen LogP contribution in [0.4, 0.5) is 17.5 Å². The van der Waals surface area contributed by atoms with Crippen molar-refractivity contribution in [1.29, 1.82) is 0 Å². The van der Waals surface area contributed by atoms with Gasteiger partial charge in [0.15, 0.2) is 15.7 Å². The van der Waals surface area contributed by atoms with E-state index in [0.717, 1.165) is 18.4 Å². The van der Waals surface area contributed by atoms with Crippen molar-refractivity contribution >= 4 is 49.2 Å². The van der Waals surface area contributed by atoms with E-state index in [-0.39, 0.29) is 10.4 Å². The zero-order valence-electron chi connectivity index (χ0n) is 21.1. The molecule has 0 saturated heterocycles. The standard InChI is InChI=1S/C26H28N6O4S2/c1-16-4-7-18(14-22(16)38(3,35)36)20-10-11-21-23(28-20)24(31-26(2)12-13-26)30-25(29-21)27-15-17-5-8-19(9-6-17)32-37(33)34/h4-11,14,37H,12-13,15H2,1-3H3,(H,32,33,34)(H2,27,29,30,31). The van der Waals surface area contributed by atoms with Gasteiger partial charge in [-0.3, -0.25) is 4.72 Å². The third-order valence-corrected chi connectivity index (χ3v) is 8.15. The number of sulfone groups is 1. The summed E-state index contributed by atoms with van der Waals surface area (Å²) in [5.41, 5.74) is 4.62. The monoisotopic (exact) mass is 552 g/mol. The molecule has 1 saturated carbocycles. The van der Waals surface area contributed by atoms with E-state index in [2.05, 4.69) is 27.3 Å². The second-order valence-corrected chi connectivity index (χ2v) is 12.5. The van der Waals surface area contributed by atoms with Gasteiger partial charge in [-0.15, -0.1) is 0 Å². The Morgan fingerprint density at radius 2 is 1.71 bits per heavy atom. The average molecular weight is 553 g/mol. The Kier molecular flexibility index (Phi) is 6.70. The highest BCUT2D eigenvalue weighted by Gasteiger charge is 2.38. The molecule has 12 heteroatoms. The van der Waals surface area contributed by atoms with Crippen LogP contribution in [0.25, 0.3) is 22.3 Å². The van der Waals surface area contributed by atoms with E-state index in [1.165, 1.54) is 6.26 Å². The lowest BCUT2D eigenvalue weighted by molar-refractivity contribution is 0.601. The molecule has 5 rings (SSSR count). The Bertz CT molecular complexity index is 1710. The number of anilines is 3. The molecule has 1 aliphatic rings. The fourth-order valence-electron chi connectivity index (χ4n) is 4.08. The lowest BCUT2D eigenvalue weighted by Crippen LogP contribution is -2.18. The summed E-state index contributed by atoms with van der Waals surface area (Å²) in [6.07, 6.45) is 3.24. The predicted octanol–water partition coefficient (Wildman–Crippen LogP) is 3.92. The van der Waals surface area contributed by atoms with Gasteiger partial charge in [0.05, 0.1) is 16.1 Å². The Labute approximate surface area is 223 Å². The fourth-order valence-corrected chi connectivity index (χ4v) is 5.44. The van der Waals surface area contributed by atoms with E-state index < -0.39 is 20.7 Å². The van der Waals surface area contributed by atoms with Gasteiger partial charge >= 0.3 is 0 Å². The molecule has 2 heterocycles. The molecular formula is C26H28N6O4S2. The topological polar surface area (TPSA) is 143 Å². The SMILES string of the molecule is Cc1ccc(-c2ccc3nc(NCc4ccc(N[SH](=O)=O)cc4)nc(NC4(C)CC4)c3n2)cc1S(C)(=O)=O. The van der Waals surface area contributed by atoms with Crippen LogP contribution < -0.4 is 15.4 Å². The maximum atomic E-state index is 12.2. The molecule has 0 atom stereocenters. The van der Waals surface area contributed by atoms with Gasteiger partial charge in [0.1, 0.15) is 5.52 Å². The Morgan fingerprint density at radius 3 is 2.37 bits per heavy atom. The minimum Gasteiger partial charge on any atom is -0.363 e. The number of nitrogens with one attached hydrogen (secondary N) is 3. The molecule has 2 aromatic heterocycles. The summed E-state index contributed by atoms with van der Waals surface area (Å²) in [7, 11) is -6.09. The molecule has 1 fully saturated rings. The van der Waals surface area contributed by atoms with Crippen molar-refractivity contribution in [2.75, 3.05) is 21.6 Å². The second kappa shape index (κ2) is 9.84. The van der Waals surface area contributed by atoms with Gasteiger partial charge in [-0.05, 0) is 68.1 Å². The van der Waals surface area contributed by atoms with Crippen molar-refractivity contribution in [3.8, 4) is 11.3 Å². The molecule has 1 aliphatic carbocycles. The van der Waals surface area contributed by atoms with Gasteiger partial charge in [-0.1, -0.05) is 24.3 Å². The van der Waals surface area contributed by atoms with Crippen LogP contribution in [0.2, 0.25) is 0 Å². The number of benzene rings is 2. The largest absolute Gasteiger partial charge is 0.363 e. The first-order chi connectivity index (χ1) is 18.0. The molecule has 198 valence electrons. The number of aromatic nitrogens is 3. The third-order valence-electron chi connectivity index (χ3n) is 6.47. The van der Waals surface area contributed by atoms with Gasteiger partial charge in [0, 0.05) is 29.6 Å². The normalized spacial score (nSPS) is 14.4. The molecule has 0 aliphatic heterocycles. The second-order valence-electron chi connectivity index (χ2n) is 9.82. The predicted molar refractivity (Wildman–Crippen MR) is 150 cm³/mol. The van der Waals surface area contributed by atoms with E-state index in [1.807, 2.05) is 30.3 Å². The highest BCUT2D eigenvalue weighted by molar-refractivity contribution is 7.90. The highest BCUT2D eigenvalue weighted by Crippen LogP contribution is 2.39. The third kappa shape index (κ3) is 5.86. The van der Waals surface area contributed by atoms with E-state index >= 15 is 0 Å². The summed E-state index contributed by atoms with van der Waals surface area (Å²) < 4.78 is 48.5. The van der Waals surface area contributed by atoms with Crippen LogP contribution in [0.3, 0.4) is 0 Å². The van der Waals surface area contributed by atoms with Crippen LogP contribution in [0.5, 0.6) is 0 Å². The molecule has 0 radical (unpaired) electrons. The van der Waals surface area contributed by atoms with Crippen molar-refractivity contribution in [3.63, 3.8) is 0 Å². The van der Waals surface area contributed by atoms with Crippen LogP contribution >= 0.6 is 0 Å². The molecule has 0 spiro atoms. The Morgan fingerprint density at radius 1 is 0.974 bits per heavy atom. The van der Waals surface area contributed by atoms with Gasteiger partial charge in [0.2, 0.25) is 16.8 Å². The molecule has 4 aromatic rings. The Balaban J connectivity index is 1.47. The number of hydrogen-bond donors (Lipinski definition) is 4. The first kappa shape index (κ1) is 25.9. The number of nitrogens with zero attached hydrogens (tertiary/aromatic N) is 3. The maximum absolute atomic E-state index is 12.2. The number of pyridine rings is 1. The quantitative estimate of drug-likeness (QED) is 0.227. The molecular weight excluding hydrogens is 524 g/mol. The minimum absolute atomic E-state index is 0.0606. The van der Waals surface area contributed by atoms with Gasteiger partial charge in [-0.2, -0.15) is 4.98 Å². The van der Waals surface area contributed by atoms with Crippen molar-refractivity contribution in [1.82, 2.24) is 15.0 Å². The van der Waals surface area contributed by atoms with E-state index in [9.17, 15) is 16.8 Å². The molecule has 0 amide bonds. The van der Waals surface area contributed by atoms with Crippen LogP contribution in [0.1, 0.15) is 30.9 Å². The van der Waals surface area contributed by atoms with Crippen molar-refractivity contribution < 1.29 is 16.8 Å². The first-order valence-corrected chi connectivity index (χ1v) is 15.1. The highest BCUT2D eigenvalue weighted by atomic mass is 32.2. The Hall–Kier alpha value is -3.77. The van der Waals surface area contributed by atoms with Crippen LogP contribution in [0.15, 0.2) is 59.5 Å². The number of rotatable bonds is 9. The lowest BCUT2D eigenvalue weighted by Gasteiger charge is -2.16. The lowest BCUT2D eigenvalue weighted by atomic mass is 10.1. The average Bonchev–Trinajstić information content (AvgIpc) is 3.59. The first-order valence-electron chi connectivity index (χ1n) is 12.0. The zero-order valence-corrected chi connectivity index (χ0v) is 22.9. The molecule has 0 bridgehead atoms. The summed E-state index contributed by atoms with van der Waals surface area (Å²) >= 11 is 0. The van der Waals surface area contributed by atoms with Crippen molar-refractivity contribution in [2.45, 2.75) is 43.7 Å². The van der Waals surface area contributed by atoms with Gasteiger partial charge < -0.3 is 10.6 Å². The summed E-state index contributed by atoms with van der Waals surface area (Å²) in [4.78, 5) is 14.5. The smallest absolute Gasteiger partial charge is 0.225 e.